The molecule has 0 N–H and O–H groups in total. The van der Waals surface area contributed by atoms with Crippen molar-refractivity contribution >= 4 is 11.7 Å². The first-order valence-corrected chi connectivity index (χ1v) is 13.0. The van der Waals surface area contributed by atoms with Gasteiger partial charge in [0.1, 0.15) is 29.4 Å². The molecule has 5 rings (SSSR count). The van der Waals surface area contributed by atoms with Crippen LogP contribution in [-0.4, -0.2) is 69.9 Å². The van der Waals surface area contributed by atoms with E-state index in [-0.39, 0.29) is 12.1 Å². The molecule has 0 aliphatic carbocycles. The molecule has 1 unspecified atom stereocenters. The molecule has 1 atom stereocenters. The SMILES string of the molecule is CCOc1cc(N2CCN(C(=O)N3CCCC3c3ccc(C(F)(F)F)cc3)CC2)c(F)cc1-n1cnc(C)n1. The van der Waals surface area contributed by atoms with E-state index in [1.807, 2.05) is 11.8 Å². The van der Waals surface area contributed by atoms with E-state index < -0.39 is 17.6 Å². The Hall–Kier alpha value is -3.83. The summed E-state index contributed by atoms with van der Waals surface area (Å²) in [6, 6.07) is 7.67. The van der Waals surface area contributed by atoms with Crippen molar-refractivity contribution in [1.29, 1.82) is 0 Å². The summed E-state index contributed by atoms with van der Waals surface area (Å²) in [6.07, 6.45) is -1.42. The van der Waals surface area contributed by atoms with Gasteiger partial charge in [0, 0.05) is 44.9 Å². The van der Waals surface area contributed by atoms with E-state index in [0.29, 0.717) is 74.3 Å². The first-order valence-electron chi connectivity index (χ1n) is 13.0. The van der Waals surface area contributed by atoms with Crippen LogP contribution in [0, 0.1) is 12.7 Å². The molecule has 0 spiro atoms. The largest absolute Gasteiger partial charge is 0.492 e. The van der Waals surface area contributed by atoms with Gasteiger partial charge < -0.3 is 19.4 Å². The molecule has 8 nitrogen and oxygen atoms in total. The third-order valence-corrected chi connectivity index (χ3v) is 7.19. The van der Waals surface area contributed by atoms with Crippen molar-refractivity contribution in [2.45, 2.75) is 38.9 Å². The molecular weight excluding hydrogens is 516 g/mol. The minimum absolute atomic E-state index is 0.149. The fourth-order valence-electron chi connectivity index (χ4n) is 5.24. The number of amides is 2. The molecule has 2 aliphatic rings. The van der Waals surface area contributed by atoms with E-state index in [1.54, 1.807) is 22.8 Å². The smallest absolute Gasteiger partial charge is 0.416 e. The number of urea groups is 1. The Morgan fingerprint density at radius 3 is 2.38 bits per heavy atom. The zero-order valence-corrected chi connectivity index (χ0v) is 21.8. The minimum Gasteiger partial charge on any atom is -0.492 e. The van der Waals surface area contributed by atoms with Gasteiger partial charge in [-0.1, -0.05) is 12.1 Å². The molecule has 1 aromatic heterocycles. The highest BCUT2D eigenvalue weighted by molar-refractivity contribution is 5.76. The Morgan fingerprint density at radius 1 is 1.05 bits per heavy atom. The highest BCUT2D eigenvalue weighted by atomic mass is 19.4. The second kappa shape index (κ2) is 10.7. The number of aromatic nitrogens is 3. The first-order chi connectivity index (χ1) is 18.7. The number of carbonyl (C=O) groups excluding carboxylic acids is 1. The topological polar surface area (TPSA) is 66.7 Å². The number of piperazine rings is 1. The average Bonchev–Trinajstić information content (AvgIpc) is 3.58. The van der Waals surface area contributed by atoms with Gasteiger partial charge in [0.2, 0.25) is 0 Å². The van der Waals surface area contributed by atoms with Crippen molar-refractivity contribution in [3.8, 4) is 11.4 Å². The molecule has 208 valence electrons. The van der Waals surface area contributed by atoms with E-state index in [9.17, 15) is 18.0 Å². The second-order valence-electron chi connectivity index (χ2n) is 9.67. The zero-order chi connectivity index (χ0) is 27.7. The number of rotatable bonds is 5. The Bertz CT molecular complexity index is 1320. The van der Waals surface area contributed by atoms with Crippen LogP contribution >= 0.6 is 0 Å². The number of anilines is 1. The third kappa shape index (κ3) is 5.50. The number of halogens is 4. The van der Waals surface area contributed by atoms with Crippen LogP contribution in [0.3, 0.4) is 0 Å². The molecule has 2 amide bonds. The number of hydrogen-bond donors (Lipinski definition) is 0. The van der Waals surface area contributed by atoms with Gasteiger partial charge in [-0.05, 0) is 44.4 Å². The van der Waals surface area contributed by atoms with Gasteiger partial charge in [-0.15, -0.1) is 0 Å². The summed E-state index contributed by atoms with van der Waals surface area (Å²) >= 11 is 0. The summed E-state index contributed by atoms with van der Waals surface area (Å²) in [4.78, 5) is 22.9. The van der Waals surface area contributed by atoms with E-state index >= 15 is 4.39 Å². The fourth-order valence-corrected chi connectivity index (χ4v) is 5.24. The molecule has 0 radical (unpaired) electrons. The lowest BCUT2D eigenvalue weighted by Gasteiger charge is -2.39. The molecule has 39 heavy (non-hydrogen) atoms. The molecule has 2 aromatic carbocycles. The molecule has 2 aliphatic heterocycles. The van der Waals surface area contributed by atoms with Gasteiger partial charge in [-0.2, -0.15) is 18.3 Å². The normalized spacial score (nSPS) is 18.1. The number of likely N-dealkylation sites (tertiary alicyclic amines) is 1. The van der Waals surface area contributed by atoms with Crippen LogP contribution in [0.5, 0.6) is 5.75 Å². The maximum Gasteiger partial charge on any atom is 0.416 e. The zero-order valence-electron chi connectivity index (χ0n) is 21.8. The average molecular weight is 547 g/mol. The summed E-state index contributed by atoms with van der Waals surface area (Å²) in [7, 11) is 0. The summed E-state index contributed by atoms with van der Waals surface area (Å²) < 4.78 is 61.4. The quantitative estimate of drug-likeness (QED) is 0.411. The number of aryl methyl sites for hydroxylation is 1. The van der Waals surface area contributed by atoms with Gasteiger partial charge in [0.15, 0.2) is 0 Å². The number of benzene rings is 2. The number of alkyl halides is 3. The second-order valence-corrected chi connectivity index (χ2v) is 9.67. The van der Waals surface area contributed by atoms with Crippen LogP contribution in [0.25, 0.3) is 5.69 Å². The van der Waals surface area contributed by atoms with Crippen molar-refractivity contribution < 1.29 is 27.1 Å². The maximum atomic E-state index is 15.3. The lowest BCUT2D eigenvalue weighted by molar-refractivity contribution is -0.137. The first kappa shape index (κ1) is 26.8. The summed E-state index contributed by atoms with van der Waals surface area (Å²) in [5.41, 5.74) is 0.828. The van der Waals surface area contributed by atoms with E-state index in [1.165, 1.54) is 29.2 Å². The highest BCUT2D eigenvalue weighted by Gasteiger charge is 2.35. The van der Waals surface area contributed by atoms with Crippen LogP contribution in [0.4, 0.5) is 28.0 Å². The van der Waals surface area contributed by atoms with Gasteiger partial charge >= 0.3 is 12.2 Å². The van der Waals surface area contributed by atoms with Crippen molar-refractivity contribution in [3.05, 3.63) is 65.5 Å². The molecule has 12 heteroatoms. The molecule has 3 aromatic rings. The van der Waals surface area contributed by atoms with Gasteiger partial charge in [0.05, 0.1) is 23.9 Å². The van der Waals surface area contributed by atoms with E-state index in [0.717, 1.165) is 18.6 Å². The Kier molecular flexibility index (Phi) is 7.37. The molecule has 3 heterocycles. The summed E-state index contributed by atoms with van der Waals surface area (Å²) in [5, 5.41) is 4.26. The highest BCUT2D eigenvalue weighted by Crippen LogP contribution is 2.36. The number of carbonyl (C=O) groups is 1. The van der Waals surface area contributed by atoms with Gasteiger partial charge in [-0.25, -0.2) is 18.9 Å². The minimum atomic E-state index is -4.40. The molecular formula is C27H30F4N6O2. The van der Waals surface area contributed by atoms with E-state index in [2.05, 4.69) is 10.1 Å². The fraction of sp³-hybridized carbons (Fsp3) is 0.444. The predicted molar refractivity (Wildman–Crippen MR) is 137 cm³/mol. The monoisotopic (exact) mass is 546 g/mol. The van der Waals surface area contributed by atoms with Gasteiger partial charge in [0.25, 0.3) is 0 Å². The van der Waals surface area contributed by atoms with Crippen molar-refractivity contribution in [1.82, 2.24) is 24.6 Å². The number of ether oxygens (including phenoxy) is 1. The van der Waals surface area contributed by atoms with Crippen LogP contribution in [0.2, 0.25) is 0 Å². The van der Waals surface area contributed by atoms with Crippen molar-refractivity contribution in [2.75, 3.05) is 44.2 Å². The van der Waals surface area contributed by atoms with Crippen molar-refractivity contribution in [2.24, 2.45) is 0 Å². The number of hydrogen-bond acceptors (Lipinski definition) is 5. The summed E-state index contributed by atoms with van der Waals surface area (Å²) in [6.45, 7) is 6.16. The van der Waals surface area contributed by atoms with E-state index in [4.69, 9.17) is 4.74 Å². The van der Waals surface area contributed by atoms with Crippen LogP contribution < -0.4 is 9.64 Å². The lowest BCUT2D eigenvalue weighted by Crippen LogP contribution is -2.53. The predicted octanol–water partition coefficient (Wildman–Crippen LogP) is 5.21. The maximum absolute atomic E-state index is 15.3. The van der Waals surface area contributed by atoms with Crippen LogP contribution in [-0.2, 0) is 6.18 Å². The van der Waals surface area contributed by atoms with Gasteiger partial charge in [-0.3, -0.25) is 0 Å². The Labute approximate surface area is 223 Å². The summed E-state index contributed by atoms with van der Waals surface area (Å²) in [5.74, 6) is 0.610. The Morgan fingerprint density at radius 2 is 1.77 bits per heavy atom. The Balaban J connectivity index is 1.27. The molecule has 2 saturated heterocycles. The number of nitrogens with zero attached hydrogens (tertiary/aromatic N) is 6. The van der Waals surface area contributed by atoms with Crippen LogP contribution in [0.15, 0.2) is 42.7 Å². The van der Waals surface area contributed by atoms with Crippen molar-refractivity contribution in [3.63, 3.8) is 0 Å². The molecule has 0 bridgehead atoms. The standard InChI is InChI=1S/C27H30F4N6O2/c1-3-39-25-16-23(21(28)15-24(25)37-17-32-18(2)33-37)34-11-13-35(14-12-34)26(38)36-10-4-5-22(36)19-6-8-20(9-7-19)27(29,30)31/h6-9,15-17,22H,3-5,10-14H2,1-2H3. The molecule has 0 saturated carbocycles. The third-order valence-electron chi connectivity index (χ3n) is 7.19. The van der Waals surface area contributed by atoms with Crippen LogP contribution in [0.1, 0.15) is 42.8 Å². The lowest BCUT2D eigenvalue weighted by atomic mass is 10.0. The molecule has 2 fully saturated rings.